The Balaban J connectivity index is 2.48. The van der Waals surface area contributed by atoms with Crippen LogP contribution < -0.4 is 41.3 Å². The van der Waals surface area contributed by atoms with Crippen LogP contribution in [-0.4, -0.2) is 140 Å². The van der Waals surface area contributed by atoms with Gasteiger partial charge in [0, 0.05) is 78.5 Å². The third-order valence-corrected chi connectivity index (χ3v) is 6.77. The van der Waals surface area contributed by atoms with Crippen LogP contribution >= 0.6 is 0 Å². The average Bonchev–Trinajstić information content (AvgIpc) is 3.00. The fourth-order valence-corrected chi connectivity index (χ4v) is 4.68. The van der Waals surface area contributed by atoms with E-state index in [1.807, 2.05) is 14.7 Å². The van der Waals surface area contributed by atoms with Crippen LogP contribution in [0.25, 0.3) is 0 Å². The number of anilines is 3. The minimum absolute atomic E-state index is 0.175. The first-order chi connectivity index (χ1) is 24.9. The summed E-state index contributed by atoms with van der Waals surface area (Å²) in [5.41, 5.74) is -2.71. The Hall–Kier alpha value is -4.55. The average molecular weight is 768 g/mol. The second-order valence-corrected chi connectivity index (χ2v) is 16.7. The lowest BCUT2D eigenvalue weighted by Crippen LogP contribution is -2.46. The van der Waals surface area contributed by atoms with Gasteiger partial charge in [-0.05, 0) is 83.1 Å². The number of hydrogen-bond acceptors (Lipinski definition) is 15. The lowest BCUT2D eigenvalue weighted by molar-refractivity contribution is 0.0515. The molecule has 2 rings (SSSR count). The quantitative estimate of drug-likeness (QED) is 0.162. The number of carbonyl (C=O) groups excluding carboxylic acids is 4. The molecule has 0 aliphatic carbocycles. The van der Waals surface area contributed by atoms with Crippen molar-refractivity contribution in [1.82, 2.24) is 41.5 Å². The van der Waals surface area contributed by atoms with Gasteiger partial charge in [-0.15, -0.1) is 0 Å². The van der Waals surface area contributed by atoms with Crippen molar-refractivity contribution >= 4 is 42.2 Å². The molecule has 19 heteroatoms. The molecule has 0 atom stereocenters. The number of hydrogen-bond donors (Lipinski definition) is 5. The summed E-state index contributed by atoms with van der Waals surface area (Å²) in [6.45, 7) is 25.8. The highest BCUT2D eigenvalue weighted by atomic mass is 16.6. The third kappa shape index (κ3) is 20.1. The van der Waals surface area contributed by atoms with Crippen molar-refractivity contribution in [2.24, 2.45) is 0 Å². The van der Waals surface area contributed by atoms with Crippen LogP contribution in [0.5, 0.6) is 0 Å². The van der Waals surface area contributed by atoms with E-state index in [2.05, 4.69) is 26.6 Å². The van der Waals surface area contributed by atoms with E-state index >= 15 is 0 Å². The molecule has 0 radical (unpaired) electrons. The first kappa shape index (κ1) is 45.6. The summed E-state index contributed by atoms with van der Waals surface area (Å²) in [6, 6.07) is 0. The lowest BCUT2D eigenvalue weighted by Gasteiger charge is -2.31. The molecule has 1 fully saturated rings. The molecule has 5 N–H and O–H groups in total. The zero-order valence-corrected chi connectivity index (χ0v) is 34.4. The largest absolute Gasteiger partial charge is 0.444 e. The molecule has 1 saturated heterocycles. The Labute approximate surface area is 320 Å². The highest BCUT2D eigenvalue weighted by Crippen LogP contribution is 2.20. The van der Waals surface area contributed by atoms with Gasteiger partial charge in [-0.25, -0.2) is 19.2 Å². The molecule has 1 aliphatic rings. The van der Waals surface area contributed by atoms with Crippen LogP contribution in [-0.2, 0) is 18.9 Å². The van der Waals surface area contributed by atoms with Crippen LogP contribution in [0, 0.1) is 0 Å². The number of amides is 4. The lowest BCUT2D eigenvalue weighted by atomic mass is 10.2. The molecule has 0 unspecified atom stereocenters. The molecule has 0 aromatic carbocycles. The van der Waals surface area contributed by atoms with Crippen molar-refractivity contribution in [3.05, 3.63) is 0 Å². The molecule has 1 aromatic rings. The molecule has 54 heavy (non-hydrogen) atoms. The first-order valence-electron chi connectivity index (χ1n) is 18.5. The van der Waals surface area contributed by atoms with E-state index in [0.717, 1.165) is 13.1 Å². The van der Waals surface area contributed by atoms with Gasteiger partial charge in [-0.3, -0.25) is 0 Å². The van der Waals surface area contributed by atoms with E-state index in [1.165, 1.54) is 0 Å². The summed E-state index contributed by atoms with van der Waals surface area (Å²) >= 11 is 0. The van der Waals surface area contributed by atoms with E-state index < -0.39 is 46.8 Å². The second-order valence-electron chi connectivity index (χ2n) is 16.7. The molecule has 0 bridgehead atoms. The van der Waals surface area contributed by atoms with Crippen LogP contribution in [0.2, 0.25) is 0 Å². The van der Waals surface area contributed by atoms with Gasteiger partial charge in [0.25, 0.3) is 0 Å². The summed E-state index contributed by atoms with van der Waals surface area (Å²) in [5, 5.41) is 14.4. The van der Waals surface area contributed by atoms with E-state index in [-0.39, 0.29) is 64.3 Å². The Morgan fingerprint density at radius 2 is 0.815 bits per heavy atom. The molecule has 4 amide bonds. The predicted molar refractivity (Wildman–Crippen MR) is 206 cm³/mol. The fourth-order valence-electron chi connectivity index (χ4n) is 4.68. The van der Waals surface area contributed by atoms with Crippen molar-refractivity contribution < 1.29 is 38.1 Å². The van der Waals surface area contributed by atoms with Gasteiger partial charge in [-0.1, -0.05) is 0 Å². The minimum atomic E-state index is -0.678. The summed E-state index contributed by atoms with van der Waals surface area (Å²) in [5.74, 6) is 0.998. The van der Waals surface area contributed by atoms with Gasteiger partial charge in [0.2, 0.25) is 17.8 Å². The molecule has 1 aliphatic heterocycles. The fraction of sp³-hybridized carbons (Fsp3) is 0.800. The highest BCUT2D eigenvalue weighted by molar-refractivity contribution is 5.69. The number of rotatable bonds is 15. The van der Waals surface area contributed by atoms with Gasteiger partial charge in [0.1, 0.15) is 22.4 Å². The smallest absolute Gasteiger partial charge is 0.407 e. The number of nitrogens with one attached hydrogen (secondary N) is 5. The second kappa shape index (κ2) is 20.2. The number of ether oxygens (including phenoxy) is 4. The van der Waals surface area contributed by atoms with Crippen LogP contribution in [0.1, 0.15) is 83.1 Å². The van der Waals surface area contributed by atoms with Crippen LogP contribution in [0.4, 0.5) is 37.0 Å². The van der Waals surface area contributed by atoms with Crippen molar-refractivity contribution in [3.63, 3.8) is 0 Å². The van der Waals surface area contributed by atoms with Crippen molar-refractivity contribution in [1.29, 1.82) is 0 Å². The molecular formula is C35H65N11O8. The van der Waals surface area contributed by atoms with Gasteiger partial charge in [-0.2, -0.15) is 15.0 Å². The summed E-state index contributed by atoms with van der Waals surface area (Å²) in [7, 11) is 0. The maximum atomic E-state index is 12.5. The van der Waals surface area contributed by atoms with Crippen LogP contribution in [0.3, 0.4) is 0 Å². The van der Waals surface area contributed by atoms with Crippen molar-refractivity contribution in [3.8, 4) is 0 Å². The predicted octanol–water partition coefficient (Wildman–Crippen LogP) is 2.99. The third-order valence-electron chi connectivity index (χ3n) is 6.77. The first-order valence-corrected chi connectivity index (χ1v) is 18.5. The van der Waals surface area contributed by atoms with E-state index in [4.69, 9.17) is 33.9 Å². The Morgan fingerprint density at radius 1 is 0.537 bits per heavy atom. The number of carbonyl (C=O) groups is 4. The number of nitrogens with zero attached hydrogens (tertiary/aromatic N) is 6. The summed E-state index contributed by atoms with van der Waals surface area (Å²) in [6.07, 6.45) is -2.30. The molecule has 19 nitrogen and oxygen atoms in total. The Morgan fingerprint density at radius 3 is 1.07 bits per heavy atom. The number of alkyl carbamates (subject to hydrolysis) is 4. The molecule has 0 saturated carbocycles. The standard InChI is InChI=1S/C35H65N11O8/c1-32(2,3)51-28(47)37-15-21-45(22-16-38-29(48)52-33(4,5)6)26-41-25(44-19-13-36-14-20-44)42-27(43-26)46(23-17-39-30(49)53-34(7,8)9)24-18-40-31(50)54-35(10,11)12/h36H,13-24H2,1-12H3,(H,37,47)(H,38,48)(H,39,49)(H,40,50). The Kier molecular flexibility index (Phi) is 17.1. The zero-order chi connectivity index (χ0) is 40.7. The summed E-state index contributed by atoms with van der Waals surface area (Å²) in [4.78, 5) is 70.3. The molecule has 308 valence electrons. The maximum absolute atomic E-state index is 12.5. The highest BCUT2D eigenvalue weighted by Gasteiger charge is 2.24. The van der Waals surface area contributed by atoms with Gasteiger partial charge >= 0.3 is 24.4 Å². The normalized spacial score (nSPS) is 13.7. The molecular weight excluding hydrogens is 702 g/mol. The number of piperazine rings is 1. The van der Waals surface area contributed by atoms with Crippen LogP contribution in [0.15, 0.2) is 0 Å². The van der Waals surface area contributed by atoms with E-state index in [9.17, 15) is 19.2 Å². The minimum Gasteiger partial charge on any atom is -0.444 e. The topological polar surface area (TPSA) is 214 Å². The maximum Gasteiger partial charge on any atom is 0.407 e. The SMILES string of the molecule is CC(C)(C)OC(=O)NCCN(CCNC(=O)OC(C)(C)C)c1nc(N2CCNCC2)nc(N(CCNC(=O)OC(C)(C)C)CCNC(=O)OC(C)(C)C)n1. The number of aromatic nitrogens is 3. The molecule has 0 spiro atoms. The van der Waals surface area contributed by atoms with Gasteiger partial charge < -0.3 is 60.2 Å². The zero-order valence-electron chi connectivity index (χ0n) is 34.4. The van der Waals surface area contributed by atoms with E-state index in [1.54, 1.807) is 83.1 Å². The van der Waals surface area contributed by atoms with E-state index in [0.29, 0.717) is 19.0 Å². The van der Waals surface area contributed by atoms with Crippen molar-refractivity contribution in [2.45, 2.75) is 105 Å². The Bertz CT molecular complexity index is 1210. The van der Waals surface area contributed by atoms with Gasteiger partial charge in [0.05, 0.1) is 0 Å². The summed E-state index contributed by atoms with van der Waals surface area (Å²) < 4.78 is 21.7. The monoisotopic (exact) mass is 768 g/mol. The molecule has 2 heterocycles. The van der Waals surface area contributed by atoms with Gasteiger partial charge in [0.15, 0.2) is 0 Å². The van der Waals surface area contributed by atoms with Crippen molar-refractivity contribution in [2.75, 3.05) is 93.2 Å². The molecule has 1 aromatic heterocycles.